The van der Waals surface area contributed by atoms with Crippen molar-refractivity contribution >= 4 is 22.4 Å². The normalized spacial score (nSPS) is 15.5. The maximum atomic E-state index is 13.0. The molecular weight excluding hydrogens is 436 g/mol. The summed E-state index contributed by atoms with van der Waals surface area (Å²) in [6.07, 6.45) is 5.91. The van der Waals surface area contributed by atoms with Crippen LogP contribution in [0.15, 0.2) is 93.2 Å². The largest absolute Gasteiger partial charge is 0.508 e. The first-order valence-electron chi connectivity index (χ1n) is 12.4. The zero-order valence-corrected chi connectivity index (χ0v) is 20.0. The molecule has 0 unspecified atom stereocenters. The van der Waals surface area contributed by atoms with Crippen molar-refractivity contribution in [3.8, 4) is 5.75 Å². The Labute approximate surface area is 205 Å². The van der Waals surface area contributed by atoms with Gasteiger partial charge in [0.05, 0.1) is 23.0 Å². The number of fused-ring (bicyclic) bond motifs is 1. The number of hydrazone groups is 1. The number of aryl methyl sites for hydroxylation is 1. The van der Waals surface area contributed by atoms with Gasteiger partial charge in [-0.2, -0.15) is 5.10 Å². The number of hydrogen-bond donors (Lipinski definition) is 1. The number of rotatable bonds is 8. The molecule has 1 aromatic heterocycles. The molecule has 0 saturated heterocycles. The van der Waals surface area contributed by atoms with Gasteiger partial charge < -0.3 is 9.52 Å². The van der Waals surface area contributed by atoms with Gasteiger partial charge in [0, 0.05) is 17.9 Å². The number of para-hydroxylation sites is 1. The smallest absolute Gasteiger partial charge is 0.345 e. The lowest BCUT2D eigenvalue weighted by Crippen LogP contribution is -2.18. The fraction of sp³-hybridized carbons (Fsp3) is 0.267. The van der Waals surface area contributed by atoms with Gasteiger partial charge in [0.15, 0.2) is 0 Å². The molecule has 5 heteroatoms. The van der Waals surface area contributed by atoms with Crippen molar-refractivity contribution < 1.29 is 9.52 Å². The lowest BCUT2D eigenvalue weighted by atomic mass is 9.97. The monoisotopic (exact) mass is 466 g/mol. The molecule has 1 N–H and O–H groups in total. The Morgan fingerprint density at radius 1 is 0.971 bits per heavy atom. The van der Waals surface area contributed by atoms with Gasteiger partial charge >= 0.3 is 5.63 Å². The summed E-state index contributed by atoms with van der Waals surface area (Å²) in [6, 6.07) is 25.6. The van der Waals surface area contributed by atoms with E-state index in [1.54, 1.807) is 6.07 Å². The molecule has 178 valence electrons. The fourth-order valence-electron chi connectivity index (χ4n) is 4.77. The molecule has 0 aliphatic carbocycles. The molecule has 0 spiro atoms. The molecule has 1 aliphatic heterocycles. The van der Waals surface area contributed by atoms with Gasteiger partial charge in [0.25, 0.3) is 0 Å². The lowest BCUT2D eigenvalue weighted by Gasteiger charge is -2.23. The zero-order valence-electron chi connectivity index (χ0n) is 20.0. The third-order valence-corrected chi connectivity index (χ3v) is 6.66. The number of phenolic OH excluding ortho intramolecular Hbond substituents is 1. The lowest BCUT2D eigenvalue weighted by molar-refractivity contribution is 0.464. The van der Waals surface area contributed by atoms with E-state index in [0.29, 0.717) is 23.3 Å². The van der Waals surface area contributed by atoms with Gasteiger partial charge in [0.1, 0.15) is 11.3 Å². The van der Waals surface area contributed by atoms with Gasteiger partial charge in [-0.1, -0.05) is 74.7 Å². The van der Waals surface area contributed by atoms with Crippen LogP contribution in [-0.4, -0.2) is 10.8 Å². The van der Waals surface area contributed by atoms with E-state index < -0.39 is 5.63 Å². The first-order chi connectivity index (χ1) is 17.1. The van der Waals surface area contributed by atoms with Gasteiger partial charge in [0.2, 0.25) is 0 Å². The van der Waals surface area contributed by atoms with Crippen molar-refractivity contribution in [1.82, 2.24) is 0 Å². The molecular formula is C30H30N2O3. The van der Waals surface area contributed by atoms with Crippen LogP contribution in [0.25, 0.3) is 11.0 Å². The van der Waals surface area contributed by atoms with Gasteiger partial charge in [-0.3, -0.25) is 5.01 Å². The van der Waals surface area contributed by atoms with Crippen LogP contribution in [0, 0.1) is 0 Å². The number of nitrogens with zero attached hydrogens (tertiary/aromatic N) is 2. The van der Waals surface area contributed by atoms with Crippen LogP contribution in [0.5, 0.6) is 5.75 Å². The van der Waals surface area contributed by atoms with E-state index in [2.05, 4.69) is 19.1 Å². The van der Waals surface area contributed by atoms with Gasteiger partial charge in [-0.05, 0) is 48.2 Å². The van der Waals surface area contributed by atoms with E-state index in [4.69, 9.17) is 9.52 Å². The molecule has 0 saturated carbocycles. The molecule has 0 bridgehead atoms. The summed E-state index contributed by atoms with van der Waals surface area (Å²) in [7, 11) is 0. The molecule has 0 fully saturated rings. The number of hydrogen-bond acceptors (Lipinski definition) is 5. The third kappa shape index (κ3) is 4.85. The summed E-state index contributed by atoms with van der Waals surface area (Å²) < 4.78 is 5.65. The maximum Gasteiger partial charge on any atom is 0.345 e. The Morgan fingerprint density at radius 2 is 1.71 bits per heavy atom. The molecule has 5 nitrogen and oxygen atoms in total. The van der Waals surface area contributed by atoms with Crippen LogP contribution in [0.4, 0.5) is 5.69 Å². The van der Waals surface area contributed by atoms with Crippen molar-refractivity contribution in [3.63, 3.8) is 0 Å². The quantitative estimate of drug-likeness (QED) is 0.225. The van der Waals surface area contributed by atoms with Crippen molar-refractivity contribution in [2.24, 2.45) is 5.10 Å². The first kappa shape index (κ1) is 22.9. The van der Waals surface area contributed by atoms with Crippen LogP contribution in [0.1, 0.15) is 61.8 Å². The molecule has 5 rings (SSSR count). The number of phenols is 1. The van der Waals surface area contributed by atoms with E-state index >= 15 is 0 Å². The molecule has 1 aliphatic rings. The highest BCUT2D eigenvalue weighted by molar-refractivity contribution is 6.04. The van der Waals surface area contributed by atoms with E-state index in [1.807, 2.05) is 65.7 Å². The predicted octanol–water partition coefficient (Wildman–Crippen LogP) is 6.98. The number of anilines is 1. The second-order valence-corrected chi connectivity index (χ2v) is 9.13. The highest BCUT2D eigenvalue weighted by Gasteiger charge is 2.31. The Hall–Kier alpha value is -3.86. The average Bonchev–Trinajstić information content (AvgIpc) is 3.33. The summed E-state index contributed by atoms with van der Waals surface area (Å²) in [4.78, 5) is 13.0. The molecule has 35 heavy (non-hydrogen) atoms. The minimum Gasteiger partial charge on any atom is -0.508 e. The molecule has 1 atom stereocenters. The molecule has 2 heterocycles. The Morgan fingerprint density at radius 3 is 2.46 bits per heavy atom. The minimum absolute atomic E-state index is 0.0161. The second-order valence-electron chi connectivity index (χ2n) is 9.13. The first-order valence-corrected chi connectivity index (χ1v) is 12.4. The summed E-state index contributed by atoms with van der Waals surface area (Å²) in [5.41, 5.74) is 4.13. The summed E-state index contributed by atoms with van der Waals surface area (Å²) >= 11 is 0. The number of unbranched alkanes of at least 4 members (excludes halogenated alkanes) is 3. The van der Waals surface area contributed by atoms with Crippen molar-refractivity contribution in [2.75, 3.05) is 5.01 Å². The average molecular weight is 467 g/mol. The van der Waals surface area contributed by atoms with E-state index in [0.717, 1.165) is 41.5 Å². The van der Waals surface area contributed by atoms with E-state index in [9.17, 15) is 9.90 Å². The van der Waals surface area contributed by atoms with Crippen LogP contribution in [-0.2, 0) is 6.42 Å². The SMILES string of the molecule is CCCCCCc1cc2cc(C3=NN(c4ccccc4)[C@@H](c4ccccc4)C3)c(=O)oc2cc1O. The standard InChI is InChI=1S/C30H30N2O3/c1-2-3-4-7-14-22-17-23-18-25(30(34)35-29(23)20-28(22)33)26-19-27(21-12-8-5-9-13-21)32(31-26)24-15-10-6-11-16-24/h5-6,8-13,15-18,20,27,33H,2-4,7,14,19H2,1H3/t27-/m1/s1. The molecule has 4 aromatic rings. The Balaban J connectivity index is 1.52. The third-order valence-electron chi connectivity index (χ3n) is 6.66. The van der Waals surface area contributed by atoms with E-state index in [-0.39, 0.29) is 11.8 Å². The predicted molar refractivity (Wildman–Crippen MR) is 141 cm³/mol. The molecule has 3 aromatic carbocycles. The summed E-state index contributed by atoms with van der Waals surface area (Å²) in [5, 5.41) is 18.2. The maximum absolute atomic E-state index is 13.0. The Kier molecular flexibility index (Phi) is 6.66. The zero-order chi connectivity index (χ0) is 24.2. The van der Waals surface area contributed by atoms with Crippen LogP contribution < -0.4 is 10.6 Å². The Bertz CT molecular complexity index is 1390. The van der Waals surface area contributed by atoms with E-state index in [1.165, 1.54) is 12.8 Å². The van der Waals surface area contributed by atoms with Gasteiger partial charge in [-0.15, -0.1) is 0 Å². The number of aromatic hydroxyl groups is 1. The minimum atomic E-state index is -0.437. The highest BCUT2D eigenvalue weighted by atomic mass is 16.4. The molecule has 0 amide bonds. The van der Waals surface area contributed by atoms with Crippen LogP contribution >= 0.6 is 0 Å². The van der Waals surface area contributed by atoms with Crippen molar-refractivity contribution in [2.45, 2.75) is 51.5 Å². The van der Waals surface area contributed by atoms with Crippen LogP contribution in [0.3, 0.4) is 0 Å². The fourth-order valence-corrected chi connectivity index (χ4v) is 4.77. The number of benzene rings is 3. The van der Waals surface area contributed by atoms with Gasteiger partial charge in [-0.25, -0.2) is 4.79 Å². The highest BCUT2D eigenvalue weighted by Crippen LogP contribution is 2.36. The van der Waals surface area contributed by atoms with Crippen molar-refractivity contribution in [3.05, 3.63) is 106 Å². The summed E-state index contributed by atoms with van der Waals surface area (Å²) in [5.74, 6) is 0.183. The topological polar surface area (TPSA) is 66.0 Å². The van der Waals surface area contributed by atoms with Crippen molar-refractivity contribution in [1.29, 1.82) is 0 Å². The van der Waals surface area contributed by atoms with Crippen LogP contribution in [0.2, 0.25) is 0 Å². The second kappa shape index (κ2) is 10.2. The summed E-state index contributed by atoms with van der Waals surface area (Å²) in [6.45, 7) is 2.18. The molecule has 0 radical (unpaired) electrons.